The molecule has 98 valence electrons. The van der Waals surface area contributed by atoms with Gasteiger partial charge in [0, 0.05) is 10.9 Å². The fourth-order valence-electron chi connectivity index (χ4n) is 2.44. The first-order chi connectivity index (χ1) is 8.65. The molecule has 1 aromatic rings. The molecule has 1 amide bonds. The van der Waals surface area contributed by atoms with Gasteiger partial charge in [0.15, 0.2) is 0 Å². The number of hydrogen-bond acceptors (Lipinski definition) is 1. The Morgan fingerprint density at radius 2 is 2.11 bits per heavy atom. The summed E-state index contributed by atoms with van der Waals surface area (Å²) in [4.78, 5) is 11.8. The van der Waals surface area contributed by atoms with Crippen LogP contribution in [0.1, 0.15) is 38.5 Å². The number of benzene rings is 1. The molecule has 1 saturated carbocycles. The van der Waals surface area contributed by atoms with Crippen molar-refractivity contribution in [1.29, 1.82) is 0 Å². The van der Waals surface area contributed by atoms with Gasteiger partial charge in [0.1, 0.15) is 0 Å². The summed E-state index contributed by atoms with van der Waals surface area (Å²) in [6.45, 7) is 0. The van der Waals surface area contributed by atoms with E-state index in [0.717, 1.165) is 16.8 Å². The molecule has 2 nitrogen and oxygen atoms in total. The highest BCUT2D eigenvalue weighted by atomic mass is 79.9. The van der Waals surface area contributed by atoms with Crippen LogP contribution in [0.4, 0.5) is 5.69 Å². The van der Waals surface area contributed by atoms with E-state index in [0.29, 0.717) is 17.1 Å². The Bertz CT molecular complexity index is 430. The summed E-state index contributed by atoms with van der Waals surface area (Å²) in [7, 11) is 0. The molecule has 18 heavy (non-hydrogen) atoms. The molecule has 0 unspecified atom stereocenters. The Kier molecular flexibility index (Phi) is 5.07. The zero-order valence-corrected chi connectivity index (χ0v) is 12.6. The minimum absolute atomic E-state index is 0.0573. The number of halogens is 2. The van der Waals surface area contributed by atoms with Gasteiger partial charge in [0.25, 0.3) is 0 Å². The summed E-state index contributed by atoms with van der Waals surface area (Å²) in [5.41, 5.74) is 0.683. The molecule has 0 heterocycles. The van der Waals surface area contributed by atoms with Crippen LogP contribution in [0.25, 0.3) is 0 Å². The summed E-state index contributed by atoms with van der Waals surface area (Å²) in [5.74, 6) is 0.802. The second kappa shape index (κ2) is 6.58. The maximum Gasteiger partial charge on any atom is 0.224 e. The first-order valence-electron chi connectivity index (χ1n) is 6.40. The Morgan fingerprint density at radius 1 is 1.39 bits per heavy atom. The fraction of sp³-hybridized carbons (Fsp3) is 0.500. The molecule has 2 rings (SSSR count). The summed E-state index contributed by atoms with van der Waals surface area (Å²) >= 11 is 9.40. The average molecular weight is 331 g/mol. The molecular weight excluding hydrogens is 314 g/mol. The standard InChI is InChI=1S/C14H17BrClNO/c15-11-6-7-12(16)13(9-11)17-14(18)8-5-10-3-1-2-4-10/h6-7,9-10H,1-5,8H2,(H,17,18). The second-order valence-corrected chi connectivity index (χ2v) is 6.18. The van der Waals surface area contributed by atoms with Gasteiger partial charge in [-0.3, -0.25) is 4.79 Å². The van der Waals surface area contributed by atoms with E-state index < -0.39 is 0 Å². The van der Waals surface area contributed by atoms with Crippen LogP contribution in [0.2, 0.25) is 5.02 Å². The van der Waals surface area contributed by atoms with Crippen molar-refractivity contribution in [2.75, 3.05) is 5.32 Å². The number of rotatable bonds is 4. The molecule has 1 fully saturated rings. The van der Waals surface area contributed by atoms with Crippen molar-refractivity contribution in [3.05, 3.63) is 27.7 Å². The van der Waals surface area contributed by atoms with Crippen LogP contribution in [-0.4, -0.2) is 5.91 Å². The van der Waals surface area contributed by atoms with E-state index in [-0.39, 0.29) is 5.91 Å². The monoisotopic (exact) mass is 329 g/mol. The van der Waals surface area contributed by atoms with E-state index in [2.05, 4.69) is 21.2 Å². The minimum Gasteiger partial charge on any atom is -0.325 e. The van der Waals surface area contributed by atoms with Crippen LogP contribution >= 0.6 is 27.5 Å². The number of carbonyl (C=O) groups excluding carboxylic acids is 1. The minimum atomic E-state index is 0.0573. The second-order valence-electron chi connectivity index (χ2n) is 4.86. The van der Waals surface area contributed by atoms with Gasteiger partial charge in [-0.1, -0.05) is 53.2 Å². The molecule has 0 aliphatic heterocycles. The van der Waals surface area contributed by atoms with Crippen LogP contribution in [0.5, 0.6) is 0 Å². The summed E-state index contributed by atoms with van der Waals surface area (Å²) < 4.78 is 0.915. The number of hydrogen-bond donors (Lipinski definition) is 1. The summed E-state index contributed by atoms with van der Waals surface area (Å²) in [6, 6.07) is 5.46. The molecule has 0 spiro atoms. The first kappa shape index (κ1) is 13.9. The Hall–Kier alpha value is -0.540. The maximum absolute atomic E-state index is 11.8. The van der Waals surface area contributed by atoms with Crippen molar-refractivity contribution in [2.45, 2.75) is 38.5 Å². The molecule has 4 heteroatoms. The smallest absolute Gasteiger partial charge is 0.224 e. The third kappa shape index (κ3) is 3.99. The fourth-order valence-corrected chi connectivity index (χ4v) is 2.97. The summed E-state index contributed by atoms with van der Waals surface area (Å²) in [6.07, 6.45) is 6.80. The van der Waals surface area contributed by atoms with E-state index >= 15 is 0 Å². The van der Waals surface area contributed by atoms with Crippen molar-refractivity contribution >= 4 is 39.1 Å². The van der Waals surface area contributed by atoms with E-state index in [1.807, 2.05) is 12.1 Å². The van der Waals surface area contributed by atoms with Crippen molar-refractivity contribution in [3.8, 4) is 0 Å². The molecule has 1 N–H and O–H groups in total. The zero-order chi connectivity index (χ0) is 13.0. The number of anilines is 1. The molecule has 0 radical (unpaired) electrons. The predicted octanol–water partition coefficient (Wildman–Crippen LogP) is 5.01. The molecule has 0 bridgehead atoms. The van der Waals surface area contributed by atoms with Gasteiger partial charge >= 0.3 is 0 Å². The predicted molar refractivity (Wildman–Crippen MR) is 79.0 cm³/mol. The highest BCUT2D eigenvalue weighted by Crippen LogP contribution is 2.29. The van der Waals surface area contributed by atoms with Crippen molar-refractivity contribution in [2.24, 2.45) is 5.92 Å². The van der Waals surface area contributed by atoms with Gasteiger partial charge in [-0.05, 0) is 30.5 Å². The molecule has 0 atom stereocenters. The quantitative estimate of drug-likeness (QED) is 0.826. The van der Waals surface area contributed by atoms with Gasteiger partial charge in [-0.2, -0.15) is 0 Å². The molecule has 0 aromatic heterocycles. The molecule has 1 aliphatic rings. The van der Waals surface area contributed by atoms with Crippen molar-refractivity contribution in [1.82, 2.24) is 0 Å². The Balaban J connectivity index is 1.84. The largest absolute Gasteiger partial charge is 0.325 e. The Morgan fingerprint density at radius 3 is 2.83 bits per heavy atom. The highest BCUT2D eigenvalue weighted by molar-refractivity contribution is 9.10. The lowest BCUT2D eigenvalue weighted by atomic mass is 10.0. The first-order valence-corrected chi connectivity index (χ1v) is 7.57. The van der Waals surface area contributed by atoms with Gasteiger partial charge in [0.2, 0.25) is 5.91 Å². The SMILES string of the molecule is O=C(CCC1CCCC1)Nc1cc(Br)ccc1Cl. The van der Waals surface area contributed by atoms with Crippen LogP contribution in [-0.2, 0) is 4.79 Å². The van der Waals surface area contributed by atoms with E-state index in [9.17, 15) is 4.79 Å². The van der Waals surface area contributed by atoms with Crippen molar-refractivity contribution in [3.63, 3.8) is 0 Å². The topological polar surface area (TPSA) is 29.1 Å². The number of nitrogens with one attached hydrogen (secondary N) is 1. The number of amides is 1. The van der Waals surface area contributed by atoms with Gasteiger partial charge in [-0.25, -0.2) is 0 Å². The van der Waals surface area contributed by atoms with Gasteiger partial charge in [-0.15, -0.1) is 0 Å². The van der Waals surface area contributed by atoms with Crippen LogP contribution in [0.3, 0.4) is 0 Å². The zero-order valence-electron chi connectivity index (χ0n) is 10.2. The lowest BCUT2D eigenvalue weighted by Gasteiger charge is -2.10. The number of carbonyl (C=O) groups is 1. The van der Waals surface area contributed by atoms with E-state index in [1.54, 1.807) is 6.07 Å². The normalized spacial score (nSPS) is 15.9. The van der Waals surface area contributed by atoms with E-state index in [1.165, 1.54) is 25.7 Å². The molecule has 0 saturated heterocycles. The highest BCUT2D eigenvalue weighted by Gasteiger charge is 2.16. The lowest BCUT2D eigenvalue weighted by molar-refractivity contribution is -0.116. The van der Waals surface area contributed by atoms with Crippen LogP contribution in [0, 0.1) is 5.92 Å². The lowest BCUT2D eigenvalue weighted by Crippen LogP contribution is -2.13. The van der Waals surface area contributed by atoms with Crippen LogP contribution < -0.4 is 5.32 Å². The van der Waals surface area contributed by atoms with Crippen molar-refractivity contribution < 1.29 is 4.79 Å². The summed E-state index contributed by atoms with van der Waals surface area (Å²) in [5, 5.41) is 3.45. The third-order valence-corrected chi connectivity index (χ3v) is 4.28. The van der Waals surface area contributed by atoms with E-state index in [4.69, 9.17) is 11.6 Å². The molecular formula is C14H17BrClNO. The molecule has 1 aromatic carbocycles. The maximum atomic E-state index is 11.8. The molecule has 1 aliphatic carbocycles. The van der Waals surface area contributed by atoms with Crippen LogP contribution in [0.15, 0.2) is 22.7 Å². The van der Waals surface area contributed by atoms with Gasteiger partial charge < -0.3 is 5.32 Å². The average Bonchev–Trinajstić information content (AvgIpc) is 2.84. The third-order valence-electron chi connectivity index (χ3n) is 3.46. The van der Waals surface area contributed by atoms with Gasteiger partial charge in [0.05, 0.1) is 10.7 Å². The Labute approximate surface area is 121 Å².